The number of rotatable bonds is 5. The van der Waals surface area contributed by atoms with Crippen molar-refractivity contribution in [2.75, 3.05) is 0 Å². The van der Waals surface area contributed by atoms with E-state index in [1.165, 1.54) is 6.33 Å². The number of hydrogen-bond donors (Lipinski definition) is 1. The van der Waals surface area contributed by atoms with Crippen LogP contribution in [-0.4, -0.2) is 36.3 Å². The third-order valence-corrected chi connectivity index (χ3v) is 4.17. The van der Waals surface area contributed by atoms with E-state index in [4.69, 9.17) is 0 Å². The van der Waals surface area contributed by atoms with Crippen molar-refractivity contribution in [2.24, 2.45) is 0 Å². The second-order valence-corrected chi connectivity index (χ2v) is 6.14. The van der Waals surface area contributed by atoms with Gasteiger partial charge in [-0.25, -0.2) is 9.97 Å². The normalized spacial score (nSPS) is 12.2. The molecule has 2 aromatic heterocycles. The molecule has 0 aliphatic rings. The fraction of sp³-hybridized carbons (Fsp3) is 0.158. The molecule has 1 amide bonds. The molecule has 1 unspecified atom stereocenters. The molecule has 7 heteroatoms. The smallest absolute Gasteiger partial charge is 0.251 e. The molecule has 0 spiro atoms. The summed E-state index contributed by atoms with van der Waals surface area (Å²) in [6, 6.07) is 15.4. The highest BCUT2D eigenvalue weighted by molar-refractivity contribution is 5.94. The van der Waals surface area contributed by atoms with Crippen LogP contribution < -0.4 is 5.32 Å². The average Bonchev–Trinajstić information content (AvgIpc) is 3.31. The van der Waals surface area contributed by atoms with Crippen LogP contribution in [0.25, 0.3) is 16.7 Å². The Hall–Kier alpha value is -3.48. The van der Waals surface area contributed by atoms with Gasteiger partial charge in [0.1, 0.15) is 19.0 Å². The molecule has 7 nitrogen and oxygen atoms in total. The molecule has 2 heterocycles. The Morgan fingerprint density at radius 1 is 1.12 bits per heavy atom. The van der Waals surface area contributed by atoms with Gasteiger partial charge >= 0.3 is 0 Å². The second-order valence-electron chi connectivity index (χ2n) is 6.14. The molecular weight excluding hydrogens is 328 g/mol. The molecule has 0 aliphatic heterocycles. The van der Waals surface area contributed by atoms with E-state index in [9.17, 15) is 4.79 Å². The van der Waals surface area contributed by atoms with Crippen molar-refractivity contribution in [3.63, 3.8) is 0 Å². The zero-order valence-electron chi connectivity index (χ0n) is 14.3. The van der Waals surface area contributed by atoms with Gasteiger partial charge in [0.2, 0.25) is 0 Å². The third kappa shape index (κ3) is 3.19. The lowest BCUT2D eigenvalue weighted by atomic mass is 10.1. The second kappa shape index (κ2) is 6.79. The number of fused-ring (bicyclic) bond motifs is 1. The summed E-state index contributed by atoms with van der Waals surface area (Å²) < 4.78 is 3.70. The van der Waals surface area contributed by atoms with E-state index in [-0.39, 0.29) is 11.9 Å². The van der Waals surface area contributed by atoms with Crippen molar-refractivity contribution in [1.82, 2.24) is 29.6 Å². The Morgan fingerprint density at radius 3 is 2.69 bits per heavy atom. The number of amides is 1. The molecular formula is C19H18N6O. The van der Waals surface area contributed by atoms with E-state index in [2.05, 4.69) is 20.4 Å². The van der Waals surface area contributed by atoms with Crippen molar-refractivity contribution in [1.29, 1.82) is 0 Å². The summed E-state index contributed by atoms with van der Waals surface area (Å²) in [5.41, 5.74) is 3.55. The first-order valence-electron chi connectivity index (χ1n) is 8.36. The molecule has 2 aromatic carbocycles. The topological polar surface area (TPSA) is 77.6 Å². The number of nitrogens with zero attached hydrogens (tertiary/aromatic N) is 5. The fourth-order valence-electron chi connectivity index (χ4n) is 2.90. The van der Waals surface area contributed by atoms with Crippen LogP contribution in [0.15, 0.2) is 67.5 Å². The summed E-state index contributed by atoms with van der Waals surface area (Å²) in [6.45, 7) is 2.51. The van der Waals surface area contributed by atoms with Crippen molar-refractivity contribution in [3.05, 3.63) is 73.1 Å². The van der Waals surface area contributed by atoms with Gasteiger partial charge in [0.05, 0.1) is 17.6 Å². The zero-order chi connectivity index (χ0) is 17.9. The van der Waals surface area contributed by atoms with Gasteiger partial charge in [-0.15, -0.1) is 0 Å². The molecule has 26 heavy (non-hydrogen) atoms. The van der Waals surface area contributed by atoms with Crippen LogP contribution in [-0.2, 0) is 6.54 Å². The largest absolute Gasteiger partial charge is 0.348 e. The average molecular weight is 346 g/mol. The minimum Gasteiger partial charge on any atom is -0.348 e. The lowest BCUT2D eigenvalue weighted by Crippen LogP contribution is -2.35. The lowest BCUT2D eigenvalue weighted by Gasteiger charge is -2.14. The van der Waals surface area contributed by atoms with E-state index in [1.807, 2.05) is 60.0 Å². The molecule has 0 aliphatic carbocycles. The van der Waals surface area contributed by atoms with E-state index >= 15 is 0 Å². The molecule has 4 rings (SSSR count). The van der Waals surface area contributed by atoms with Crippen LogP contribution in [0.2, 0.25) is 0 Å². The monoisotopic (exact) mass is 346 g/mol. The molecule has 0 bridgehead atoms. The van der Waals surface area contributed by atoms with E-state index in [0.29, 0.717) is 12.1 Å². The Labute approximate surface area is 150 Å². The molecule has 1 atom stereocenters. The predicted molar refractivity (Wildman–Crippen MR) is 98.0 cm³/mol. The minimum absolute atomic E-state index is 0.0542. The van der Waals surface area contributed by atoms with Crippen molar-refractivity contribution in [3.8, 4) is 5.69 Å². The Kier molecular flexibility index (Phi) is 4.18. The number of benzene rings is 2. The maximum absolute atomic E-state index is 12.4. The number of nitrogens with one attached hydrogen (secondary N) is 1. The predicted octanol–water partition coefficient (Wildman–Crippen LogP) is 2.44. The maximum atomic E-state index is 12.4. The van der Waals surface area contributed by atoms with Crippen LogP contribution in [0.1, 0.15) is 17.3 Å². The SMILES string of the molecule is CC(Cn1cncn1)NC(=O)c1ccc(-n2cnc3ccccc32)cc1. The molecule has 0 radical (unpaired) electrons. The summed E-state index contributed by atoms with van der Waals surface area (Å²) in [5, 5.41) is 7.02. The van der Waals surface area contributed by atoms with Crippen molar-refractivity contribution >= 4 is 16.9 Å². The standard InChI is InChI=1S/C19H18N6O/c1-14(10-24-12-20-11-22-24)23-19(26)15-6-8-16(9-7-15)25-13-21-17-4-2-3-5-18(17)25/h2-9,11-14H,10H2,1H3,(H,23,26). The minimum atomic E-state index is -0.111. The number of carbonyl (C=O) groups excluding carboxylic acids is 1. The van der Waals surface area contributed by atoms with Crippen molar-refractivity contribution in [2.45, 2.75) is 19.5 Å². The van der Waals surface area contributed by atoms with Crippen LogP contribution in [0.5, 0.6) is 0 Å². The van der Waals surface area contributed by atoms with Gasteiger partial charge < -0.3 is 5.32 Å². The van der Waals surface area contributed by atoms with Crippen molar-refractivity contribution < 1.29 is 4.79 Å². The van der Waals surface area contributed by atoms with Crippen LogP contribution in [0.3, 0.4) is 0 Å². The van der Waals surface area contributed by atoms with Gasteiger partial charge in [0.25, 0.3) is 5.91 Å². The Balaban J connectivity index is 1.48. The molecule has 1 N–H and O–H groups in total. The number of carbonyl (C=O) groups is 1. The highest BCUT2D eigenvalue weighted by atomic mass is 16.1. The summed E-state index contributed by atoms with van der Waals surface area (Å²) in [5.74, 6) is -0.111. The summed E-state index contributed by atoms with van der Waals surface area (Å²) in [4.78, 5) is 20.7. The fourth-order valence-corrected chi connectivity index (χ4v) is 2.90. The van der Waals surface area contributed by atoms with Crippen LogP contribution in [0.4, 0.5) is 0 Å². The highest BCUT2D eigenvalue weighted by Gasteiger charge is 2.11. The van der Waals surface area contributed by atoms with E-state index in [0.717, 1.165) is 16.7 Å². The molecule has 130 valence electrons. The van der Waals surface area contributed by atoms with Gasteiger partial charge in [0, 0.05) is 17.3 Å². The van der Waals surface area contributed by atoms with E-state index in [1.54, 1.807) is 17.3 Å². The summed E-state index contributed by atoms with van der Waals surface area (Å²) in [6.07, 6.45) is 4.90. The van der Waals surface area contributed by atoms with Gasteiger partial charge in [-0.05, 0) is 43.3 Å². The van der Waals surface area contributed by atoms with Gasteiger partial charge in [-0.2, -0.15) is 5.10 Å². The first-order valence-corrected chi connectivity index (χ1v) is 8.36. The van der Waals surface area contributed by atoms with Gasteiger partial charge in [-0.1, -0.05) is 12.1 Å². The lowest BCUT2D eigenvalue weighted by molar-refractivity contribution is 0.0936. The molecule has 0 saturated carbocycles. The number of hydrogen-bond acceptors (Lipinski definition) is 4. The van der Waals surface area contributed by atoms with Crippen LogP contribution in [0, 0.1) is 0 Å². The number of imidazole rings is 1. The van der Waals surface area contributed by atoms with Gasteiger partial charge in [-0.3, -0.25) is 14.0 Å². The Bertz CT molecular complexity index is 1020. The zero-order valence-corrected chi connectivity index (χ0v) is 14.3. The van der Waals surface area contributed by atoms with Gasteiger partial charge in [0.15, 0.2) is 0 Å². The molecule has 4 aromatic rings. The third-order valence-electron chi connectivity index (χ3n) is 4.17. The summed E-state index contributed by atoms with van der Waals surface area (Å²) in [7, 11) is 0. The maximum Gasteiger partial charge on any atom is 0.251 e. The quantitative estimate of drug-likeness (QED) is 0.602. The molecule has 0 fully saturated rings. The Morgan fingerprint density at radius 2 is 1.92 bits per heavy atom. The van der Waals surface area contributed by atoms with E-state index < -0.39 is 0 Å². The number of para-hydroxylation sites is 2. The first kappa shape index (κ1) is 16.0. The molecule has 0 saturated heterocycles. The van der Waals surface area contributed by atoms with Crippen LogP contribution >= 0.6 is 0 Å². The highest BCUT2D eigenvalue weighted by Crippen LogP contribution is 2.18. The number of aromatic nitrogens is 5. The summed E-state index contributed by atoms with van der Waals surface area (Å²) >= 11 is 0. The first-order chi connectivity index (χ1) is 12.7.